The third kappa shape index (κ3) is 6.48. The lowest BCUT2D eigenvalue weighted by Crippen LogP contribution is -2.44. The molecule has 0 aliphatic heterocycles. The lowest BCUT2D eigenvalue weighted by atomic mass is 9.62. The highest BCUT2D eigenvalue weighted by Gasteiger charge is 2.27. The van der Waals surface area contributed by atoms with E-state index in [1.54, 1.807) is 13.7 Å². The summed E-state index contributed by atoms with van der Waals surface area (Å²) in [6, 6.07) is 7.47. The number of ketones is 1. The molecule has 0 unspecified atom stereocenters. The van der Waals surface area contributed by atoms with Crippen molar-refractivity contribution < 1.29 is 14.6 Å². The Bertz CT molecular complexity index is 540. The summed E-state index contributed by atoms with van der Waals surface area (Å²) in [6.45, 7) is 8.86. The molecule has 24 heavy (non-hydrogen) atoms. The van der Waals surface area contributed by atoms with E-state index in [4.69, 9.17) is 0 Å². The van der Waals surface area contributed by atoms with Crippen LogP contribution in [0, 0.1) is 11.8 Å². The van der Waals surface area contributed by atoms with Gasteiger partial charge in [-0.05, 0) is 36.7 Å². The summed E-state index contributed by atoms with van der Waals surface area (Å²) in [6.07, 6.45) is 1.69. The van der Waals surface area contributed by atoms with E-state index in [0.29, 0.717) is 12.7 Å². The number of hydrogen-bond donors (Lipinski definition) is 2. The van der Waals surface area contributed by atoms with Gasteiger partial charge in [0, 0.05) is 12.3 Å². The van der Waals surface area contributed by atoms with Gasteiger partial charge in [-0.3, -0.25) is 9.59 Å². The summed E-state index contributed by atoms with van der Waals surface area (Å²) in [4.78, 5) is 24.7. The summed E-state index contributed by atoms with van der Waals surface area (Å²) < 4.78 is 0. The van der Waals surface area contributed by atoms with E-state index >= 15 is 0 Å². The molecule has 2 atom stereocenters. The van der Waals surface area contributed by atoms with Gasteiger partial charge in [-0.1, -0.05) is 51.9 Å². The maximum atomic E-state index is 12.4. The molecule has 1 aromatic carbocycles. The Labute approximate surface area is 146 Å². The van der Waals surface area contributed by atoms with Crippen LogP contribution in [0.25, 0.3) is 0 Å². The van der Waals surface area contributed by atoms with Gasteiger partial charge < -0.3 is 10.3 Å². The Balaban J connectivity index is 2.62. The third-order valence-electron chi connectivity index (χ3n) is 4.39. The number of Topliss-reactive ketones (excluding diaryl/α,β-unsaturated/α-hetero) is 1. The number of hydrogen-bond acceptors (Lipinski definition) is 3. The molecule has 1 amide bonds. The Morgan fingerprint density at radius 1 is 1.12 bits per heavy atom. The Hall–Kier alpha value is -1.62. The van der Waals surface area contributed by atoms with Crippen LogP contribution in [-0.2, 0) is 22.4 Å². The zero-order chi connectivity index (χ0) is 18.3. The molecule has 0 aliphatic rings. The minimum atomic E-state index is -0.536. The summed E-state index contributed by atoms with van der Waals surface area (Å²) in [5, 5.41) is 12.4. The van der Waals surface area contributed by atoms with Crippen LogP contribution in [0.4, 0.5) is 0 Å². The number of carbonyl (C=O) groups is 2. The van der Waals surface area contributed by atoms with Crippen molar-refractivity contribution in [2.75, 3.05) is 0 Å². The van der Waals surface area contributed by atoms with E-state index in [0.717, 1.165) is 12.0 Å². The molecule has 132 valence electrons. The standard InChI is InChI=1S/C19H30BNO3/c1-6-15-7-9-16(10-8-15)11-18(22)14(4)21-19(23)17(13(2)3)12-20(5)24/h7-10,13-14,17,24H,6,11-12H2,1-5H3,(H,21,23)/t14-,17-/m0/s1. The molecule has 0 bridgehead atoms. The average molecular weight is 331 g/mol. The van der Waals surface area contributed by atoms with Gasteiger partial charge in [-0.15, -0.1) is 0 Å². The van der Waals surface area contributed by atoms with Crippen molar-refractivity contribution in [2.45, 2.75) is 59.7 Å². The molecular weight excluding hydrogens is 301 g/mol. The van der Waals surface area contributed by atoms with Gasteiger partial charge in [0.15, 0.2) is 5.78 Å². The first kappa shape index (κ1) is 20.4. The minimum Gasteiger partial charge on any atom is -0.451 e. The molecule has 0 radical (unpaired) electrons. The molecule has 0 heterocycles. The second kappa shape index (κ2) is 9.63. The third-order valence-corrected chi connectivity index (χ3v) is 4.39. The van der Waals surface area contributed by atoms with Crippen molar-refractivity contribution in [3.05, 3.63) is 35.4 Å². The van der Waals surface area contributed by atoms with Gasteiger partial charge in [0.25, 0.3) is 6.92 Å². The highest BCUT2D eigenvalue weighted by Crippen LogP contribution is 2.18. The van der Waals surface area contributed by atoms with Crippen LogP contribution in [-0.4, -0.2) is 29.7 Å². The van der Waals surface area contributed by atoms with E-state index in [1.165, 1.54) is 5.56 Å². The fraction of sp³-hybridized carbons (Fsp3) is 0.579. The van der Waals surface area contributed by atoms with Crippen molar-refractivity contribution >= 4 is 18.6 Å². The van der Waals surface area contributed by atoms with Crippen LogP contribution in [0.1, 0.15) is 38.8 Å². The molecule has 0 aromatic heterocycles. The van der Waals surface area contributed by atoms with Gasteiger partial charge >= 0.3 is 0 Å². The quantitative estimate of drug-likeness (QED) is 0.684. The van der Waals surface area contributed by atoms with Gasteiger partial charge in [0.05, 0.1) is 6.04 Å². The molecule has 0 saturated heterocycles. The summed E-state index contributed by atoms with van der Waals surface area (Å²) in [5.74, 6) is -0.340. The molecule has 0 aliphatic carbocycles. The van der Waals surface area contributed by atoms with Crippen molar-refractivity contribution in [1.29, 1.82) is 0 Å². The molecule has 4 nitrogen and oxygen atoms in total. The van der Waals surface area contributed by atoms with Gasteiger partial charge in [-0.25, -0.2) is 0 Å². The molecule has 5 heteroatoms. The Morgan fingerprint density at radius 2 is 1.67 bits per heavy atom. The smallest absolute Gasteiger partial charge is 0.286 e. The fourth-order valence-electron chi connectivity index (χ4n) is 2.70. The SMILES string of the molecule is CCc1ccc(CC(=O)[C@H](C)NC(=O)[C@@H](CB(C)O)C(C)C)cc1. The van der Waals surface area contributed by atoms with Gasteiger partial charge in [0.2, 0.25) is 5.91 Å². The topological polar surface area (TPSA) is 66.4 Å². The van der Waals surface area contributed by atoms with E-state index in [2.05, 4.69) is 12.2 Å². The van der Waals surface area contributed by atoms with Crippen LogP contribution in [0.15, 0.2) is 24.3 Å². The van der Waals surface area contributed by atoms with Crippen LogP contribution in [0.3, 0.4) is 0 Å². The number of rotatable bonds is 9. The number of benzene rings is 1. The molecule has 0 spiro atoms. The first-order valence-corrected chi connectivity index (χ1v) is 8.83. The number of nitrogens with one attached hydrogen (secondary N) is 1. The van der Waals surface area contributed by atoms with Gasteiger partial charge in [-0.2, -0.15) is 0 Å². The summed E-state index contributed by atoms with van der Waals surface area (Å²) in [7, 11) is 0. The maximum Gasteiger partial charge on any atom is 0.286 e. The highest BCUT2D eigenvalue weighted by molar-refractivity contribution is 6.49. The van der Waals surface area contributed by atoms with Crippen molar-refractivity contribution in [3.8, 4) is 0 Å². The Morgan fingerprint density at radius 3 is 2.12 bits per heavy atom. The van der Waals surface area contributed by atoms with E-state index < -0.39 is 13.0 Å². The highest BCUT2D eigenvalue weighted by atomic mass is 16.2. The largest absolute Gasteiger partial charge is 0.451 e. The van der Waals surface area contributed by atoms with Crippen LogP contribution >= 0.6 is 0 Å². The molecule has 0 fully saturated rings. The zero-order valence-corrected chi connectivity index (χ0v) is 15.5. The minimum absolute atomic E-state index is 0.00727. The van der Waals surface area contributed by atoms with Crippen molar-refractivity contribution in [3.63, 3.8) is 0 Å². The average Bonchev–Trinajstić information content (AvgIpc) is 2.52. The maximum absolute atomic E-state index is 12.4. The van der Waals surface area contributed by atoms with Crippen LogP contribution in [0.2, 0.25) is 13.1 Å². The Kier molecular flexibility index (Phi) is 8.19. The number of carbonyl (C=O) groups excluding carboxylic acids is 2. The zero-order valence-electron chi connectivity index (χ0n) is 15.5. The second-order valence-corrected chi connectivity index (χ2v) is 6.98. The normalized spacial score (nSPS) is 13.5. The molecule has 0 saturated carbocycles. The molecule has 2 N–H and O–H groups in total. The number of aryl methyl sites for hydroxylation is 1. The lowest BCUT2D eigenvalue weighted by Gasteiger charge is -2.23. The molecule has 1 aromatic rings. The van der Waals surface area contributed by atoms with Gasteiger partial charge in [0.1, 0.15) is 0 Å². The van der Waals surface area contributed by atoms with E-state index in [-0.39, 0.29) is 23.5 Å². The van der Waals surface area contributed by atoms with E-state index in [9.17, 15) is 14.6 Å². The molecule has 1 rings (SSSR count). The van der Waals surface area contributed by atoms with E-state index in [1.807, 2.05) is 38.1 Å². The first-order valence-electron chi connectivity index (χ1n) is 8.83. The van der Waals surface area contributed by atoms with Crippen LogP contribution < -0.4 is 5.32 Å². The predicted octanol–water partition coefficient (Wildman–Crippen LogP) is 2.75. The summed E-state index contributed by atoms with van der Waals surface area (Å²) >= 11 is 0. The second-order valence-electron chi connectivity index (χ2n) is 6.98. The van der Waals surface area contributed by atoms with Crippen molar-refractivity contribution in [2.24, 2.45) is 11.8 Å². The van der Waals surface area contributed by atoms with Crippen LogP contribution in [0.5, 0.6) is 0 Å². The first-order chi connectivity index (χ1) is 11.2. The predicted molar refractivity (Wildman–Crippen MR) is 99.1 cm³/mol. The lowest BCUT2D eigenvalue weighted by molar-refractivity contribution is -0.130. The summed E-state index contributed by atoms with van der Waals surface area (Å²) in [5.41, 5.74) is 2.20. The monoisotopic (exact) mass is 331 g/mol. The number of amides is 1. The fourth-order valence-corrected chi connectivity index (χ4v) is 2.70. The van der Waals surface area contributed by atoms with Crippen molar-refractivity contribution in [1.82, 2.24) is 5.32 Å². The molecular formula is C19H30BNO3.